The molecule has 0 unspecified atom stereocenters. The van der Waals surface area contributed by atoms with E-state index in [2.05, 4.69) is 19.2 Å². The Labute approximate surface area is 196 Å². The van der Waals surface area contributed by atoms with Crippen LogP contribution in [0.2, 0.25) is 0 Å². The minimum atomic E-state index is -0.618. The fourth-order valence-corrected chi connectivity index (χ4v) is 4.38. The van der Waals surface area contributed by atoms with Crippen LogP contribution in [0.1, 0.15) is 69.9 Å². The minimum Gasteiger partial charge on any atom is -0.483 e. The zero-order valence-corrected chi connectivity index (χ0v) is 19.9. The maximum atomic E-state index is 13.4. The Bertz CT molecular complexity index is 923. The van der Waals surface area contributed by atoms with Crippen LogP contribution < -0.4 is 10.1 Å². The van der Waals surface area contributed by atoms with E-state index in [0.29, 0.717) is 12.2 Å². The molecule has 2 amide bonds. The topological polar surface area (TPSA) is 58.6 Å². The second-order valence-electron chi connectivity index (χ2n) is 9.04. The molecule has 0 spiro atoms. The van der Waals surface area contributed by atoms with Crippen LogP contribution >= 0.6 is 0 Å². The molecule has 1 fully saturated rings. The maximum Gasteiger partial charge on any atom is 0.261 e. The van der Waals surface area contributed by atoms with E-state index in [4.69, 9.17) is 4.74 Å². The van der Waals surface area contributed by atoms with Crippen LogP contribution in [0.15, 0.2) is 48.5 Å². The highest BCUT2D eigenvalue weighted by Gasteiger charge is 2.31. The van der Waals surface area contributed by atoms with Crippen LogP contribution in [-0.4, -0.2) is 35.4 Å². The number of amides is 2. The van der Waals surface area contributed by atoms with Gasteiger partial charge in [-0.2, -0.15) is 0 Å². The van der Waals surface area contributed by atoms with Crippen molar-refractivity contribution < 1.29 is 18.7 Å². The van der Waals surface area contributed by atoms with Gasteiger partial charge in [-0.15, -0.1) is 0 Å². The number of rotatable bonds is 10. The zero-order chi connectivity index (χ0) is 23.8. The predicted molar refractivity (Wildman–Crippen MR) is 127 cm³/mol. The summed E-state index contributed by atoms with van der Waals surface area (Å²) in [6.07, 6.45) is 4.66. The van der Waals surface area contributed by atoms with Crippen molar-refractivity contribution in [2.24, 2.45) is 0 Å². The summed E-state index contributed by atoms with van der Waals surface area (Å²) in [4.78, 5) is 28.1. The average molecular weight is 455 g/mol. The SMILES string of the molecule is CC[C@@H](C(=O)NC1CCCC1)N(Cc1ccc(F)cc1)C(=O)COc1ccccc1C(C)C. The van der Waals surface area contributed by atoms with Gasteiger partial charge >= 0.3 is 0 Å². The summed E-state index contributed by atoms with van der Waals surface area (Å²) >= 11 is 0. The third-order valence-electron chi connectivity index (χ3n) is 6.25. The Balaban J connectivity index is 1.78. The number of para-hydroxylation sites is 1. The van der Waals surface area contributed by atoms with E-state index in [1.165, 1.54) is 12.1 Å². The molecule has 0 saturated heterocycles. The van der Waals surface area contributed by atoms with Gasteiger partial charge in [0.15, 0.2) is 6.61 Å². The van der Waals surface area contributed by atoms with Crippen LogP contribution in [0.5, 0.6) is 5.75 Å². The average Bonchev–Trinajstić information content (AvgIpc) is 3.31. The first-order valence-corrected chi connectivity index (χ1v) is 11.9. The summed E-state index contributed by atoms with van der Waals surface area (Å²) in [7, 11) is 0. The molecule has 2 aromatic rings. The quantitative estimate of drug-likeness (QED) is 0.537. The third kappa shape index (κ3) is 6.80. The number of benzene rings is 2. The molecule has 0 heterocycles. The van der Waals surface area contributed by atoms with Crippen molar-refractivity contribution in [3.05, 3.63) is 65.5 Å². The third-order valence-corrected chi connectivity index (χ3v) is 6.25. The Morgan fingerprint density at radius 3 is 2.39 bits per heavy atom. The number of halogens is 1. The molecule has 0 aliphatic heterocycles. The zero-order valence-electron chi connectivity index (χ0n) is 19.9. The molecule has 1 aliphatic carbocycles. The Morgan fingerprint density at radius 2 is 1.76 bits per heavy atom. The summed E-state index contributed by atoms with van der Waals surface area (Å²) < 4.78 is 19.3. The highest BCUT2D eigenvalue weighted by Crippen LogP contribution is 2.26. The first kappa shape index (κ1) is 24.7. The van der Waals surface area contributed by atoms with E-state index in [9.17, 15) is 14.0 Å². The van der Waals surface area contributed by atoms with Crippen molar-refractivity contribution in [1.82, 2.24) is 10.2 Å². The Kier molecular flexibility index (Phi) is 8.87. The molecule has 0 aromatic heterocycles. The molecule has 1 N–H and O–H groups in total. The van der Waals surface area contributed by atoms with Crippen molar-refractivity contribution >= 4 is 11.8 Å². The Hall–Kier alpha value is -2.89. The molecule has 1 saturated carbocycles. The predicted octanol–water partition coefficient (Wildman–Crippen LogP) is 5.19. The number of nitrogens with one attached hydrogen (secondary N) is 1. The van der Waals surface area contributed by atoms with Gasteiger partial charge in [0.2, 0.25) is 5.91 Å². The molecule has 178 valence electrons. The fourth-order valence-electron chi connectivity index (χ4n) is 4.38. The van der Waals surface area contributed by atoms with Crippen molar-refractivity contribution in [2.45, 2.75) is 77.4 Å². The van der Waals surface area contributed by atoms with Crippen molar-refractivity contribution in [1.29, 1.82) is 0 Å². The molecule has 1 aliphatic rings. The normalized spacial score (nSPS) is 14.8. The Morgan fingerprint density at radius 1 is 1.09 bits per heavy atom. The van der Waals surface area contributed by atoms with Crippen molar-refractivity contribution in [3.8, 4) is 5.75 Å². The molecule has 5 nitrogen and oxygen atoms in total. The molecule has 2 aromatic carbocycles. The van der Waals surface area contributed by atoms with E-state index in [0.717, 1.165) is 36.8 Å². The number of ether oxygens (including phenoxy) is 1. The monoisotopic (exact) mass is 454 g/mol. The van der Waals surface area contributed by atoms with Crippen molar-refractivity contribution in [3.63, 3.8) is 0 Å². The van der Waals surface area contributed by atoms with E-state index in [1.807, 2.05) is 31.2 Å². The molecular formula is C27H35FN2O3. The van der Waals surface area contributed by atoms with E-state index in [-0.39, 0.29) is 42.7 Å². The van der Waals surface area contributed by atoms with Crippen LogP contribution in [-0.2, 0) is 16.1 Å². The first-order chi connectivity index (χ1) is 15.9. The number of hydrogen-bond donors (Lipinski definition) is 1. The van der Waals surface area contributed by atoms with Crippen LogP contribution in [0.25, 0.3) is 0 Å². The van der Waals surface area contributed by atoms with Gasteiger partial charge in [-0.05, 0) is 54.5 Å². The maximum absolute atomic E-state index is 13.4. The van der Waals surface area contributed by atoms with Crippen LogP contribution in [0.3, 0.4) is 0 Å². The number of hydrogen-bond acceptors (Lipinski definition) is 3. The highest BCUT2D eigenvalue weighted by molar-refractivity contribution is 5.88. The standard InChI is InChI=1S/C27H35FN2O3/c1-4-24(27(32)29-22-9-5-6-10-22)30(17-20-13-15-21(28)16-14-20)26(31)18-33-25-12-8-7-11-23(25)19(2)3/h7-8,11-16,19,22,24H,4-6,9-10,17-18H2,1-3H3,(H,29,32)/t24-/m0/s1. The number of carbonyl (C=O) groups is 2. The summed E-state index contributed by atoms with van der Waals surface area (Å²) in [6, 6.07) is 13.3. The number of nitrogens with zero attached hydrogens (tertiary/aromatic N) is 1. The lowest BCUT2D eigenvalue weighted by atomic mass is 10.0. The van der Waals surface area contributed by atoms with Crippen LogP contribution in [0, 0.1) is 5.82 Å². The molecule has 6 heteroatoms. The van der Waals surface area contributed by atoms with Gasteiger partial charge in [-0.1, -0.05) is 63.9 Å². The second kappa shape index (κ2) is 11.8. The molecule has 3 rings (SSSR count). The summed E-state index contributed by atoms with van der Waals surface area (Å²) in [5.74, 6) is 0.184. The molecule has 0 radical (unpaired) electrons. The first-order valence-electron chi connectivity index (χ1n) is 11.9. The van der Waals surface area contributed by atoms with Gasteiger partial charge in [-0.3, -0.25) is 9.59 Å². The van der Waals surface area contributed by atoms with Gasteiger partial charge in [-0.25, -0.2) is 4.39 Å². The van der Waals surface area contributed by atoms with Crippen LogP contribution in [0.4, 0.5) is 4.39 Å². The van der Waals surface area contributed by atoms with Gasteiger partial charge in [0.1, 0.15) is 17.6 Å². The fraction of sp³-hybridized carbons (Fsp3) is 0.481. The summed E-state index contributed by atoms with van der Waals surface area (Å²) in [5.41, 5.74) is 1.79. The van der Waals surface area contributed by atoms with Gasteiger partial charge in [0, 0.05) is 12.6 Å². The summed E-state index contributed by atoms with van der Waals surface area (Å²) in [5, 5.41) is 3.12. The van der Waals surface area contributed by atoms with Crippen molar-refractivity contribution in [2.75, 3.05) is 6.61 Å². The second-order valence-corrected chi connectivity index (χ2v) is 9.04. The van der Waals surface area contributed by atoms with Gasteiger partial charge in [0.25, 0.3) is 5.91 Å². The molecular weight excluding hydrogens is 419 g/mol. The largest absolute Gasteiger partial charge is 0.483 e. The minimum absolute atomic E-state index is 0.137. The van der Waals surface area contributed by atoms with E-state index in [1.54, 1.807) is 17.0 Å². The highest BCUT2D eigenvalue weighted by atomic mass is 19.1. The van der Waals surface area contributed by atoms with E-state index < -0.39 is 6.04 Å². The smallest absolute Gasteiger partial charge is 0.261 e. The van der Waals surface area contributed by atoms with Gasteiger partial charge in [0.05, 0.1) is 0 Å². The lowest BCUT2D eigenvalue weighted by molar-refractivity contribution is -0.143. The summed E-state index contributed by atoms with van der Waals surface area (Å²) in [6.45, 7) is 6.10. The lowest BCUT2D eigenvalue weighted by Crippen LogP contribution is -2.52. The molecule has 1 atom stereocenters. The lowest BCUT2D eigenvalue weighted by Gasteiger charge is -2.31. The molecule has 33 heavy (non-hydrogen) atoms. The number of carbonyl (C=O) groups excluding carboxylic acids is 2. The van der Waals surface area contributed by atoms with Gasteiger partial charge < -0.3 is 15.0 Å². The molecule has 0 bridgehead atoms. The van der Waals surface area contributed by atoms with E-state index >= 15 is 0 Å².